The molecule has 1 fully saturated rings. The molecular formula is C16H24O2. The van der Waals surface area contributed by atoms with Crippen molar-refractivity contribution in [2.24, 2.45) is 5.92 Å². The van der Waals surface area contributed by atoms with Gasteiger partial charge in [0.15, 0.2) is 0 Å². The molecule has 1 aliphatic heterocycles. The molecule has 1 unspecified atom stereocenters. The number of hydrogen-bond acceptors (Lipinski definition) is 2. The molecule has 1 aromatic carbocycles. The minimum absolute atomic E-state index is 0.125. The minimum Gasteiger partial charge on any atom is -0.493 e. The highest BCUT2D eigenvalue weighted by Gasteiger charge is 2.20. The molecule has 100 valence electrons. The van der Waals surface area contributed by atoms with Crippen molar-refractivity contribution in [1.29, 1.82) is 0 Å². The fourth-order valence-electron chi connectivity index (χ4n) is 2.36. The highest BCUT2D eigenvalue weighted by Crippen LogP contribution is 2.31. The van der Waals surface area contributed by atoms with Gasteiger partial charge in [0.25, 0.3) is 0 Å². The maximum Gasteiger partial charge on any atom is 0.123 e. The van der Waals surface area contributed by atoms with Gasteiger partial charge in [-0.3, -0.25) is 0 Å². The summed E-state index contributed by atoms with van der Waals surface area (Å²) in [6.07, 6.45) is 2.38. The number of hydrogen-bond donors (Lipinski definition) is 0. The molecule has 0 spiro atoms. The van der Waals surface area contributed by atoms with Gasteiger partial charge in [-0.15, -0.1) is 0 Å². The molecular weight excluding hydrogens is 224 g/mol. The highest BCUT2D eigenvalue weighted by atomic mass is 16.5. The zero-order chi connectivity index (χ0) is 13.0. The first-order valence-corrected chi connectivity index (χ1v) is 6.87. The molecule has 0 aliphatic carbocycles. The Morgan fingerprint density at radius 2 is 2.06 bits per heavy atom. The first kappa shape index (κ1) is 13.4. The van der Waals surface area contributed by atoms with E-state index in [4.69, 9.17) is 9.47 Å². The van der Waals surface area contributed by atoms with Crippen molar-refractivity contribution in [3.63, 3.8) is 0 Å². The average Bonchev–Trinajstić information content (AvgIpc) is 2.37. The summed E-state index contributed by atoms with van der Waals surface area (Å²) >= 11 is 0. The molecule has 0 N–H and O–H groups in total. The summed E-state index contributed by atoms with van der Waals surface area (Å²) in [5, 5.41) is 0. The second kappa shape index (κ2) is 5.75. The van der Waals surface area contributed by atoms with Gasteiger partial charge in [-0.05, 0) is 29.9 Å². The van der Waals surface area contributed by atoms with Crippen LogP contribution in [0.5, 0.6) is 5.75 Å². The first-order valence-electron chi connectivity index (χ1n) is 6.87. The van der Waals surface area contributed by atoms with E-state index in [1.54, 1.807) is 0 Å². The van der Waals surface area contributed by atoms with Crippen LogP contribution in [0.15, 0.2) is 24.3 Å². The molecule has 0 bridgehead atoms. The lowest BCUT2D eigenvalue weighted by atomic mass is 9.86. The van der Waals surface area contributed by atoms with Gasteiger partial charge in [0.2, 0.25) is 0 Å². The summed E-state index contributed by atoms with van der Waals surface area (Å²) in [7, 11) is 0. The number of ether oxygens (including phenoxy) is 2. The van der Waals surface area contributed by atoms with E-state index in [2.05, 4.69) is 39.0 Å². The number of benzene rings is 1. The van der Waals surface area contributed by atoms with E-state index in [9.17, 15) is 0 Å². The van der Waals surface area contributed by atoms with E-state index < -0.39 is 0 Å². The second-order valence-electron chi connectivity index (χ2n) is 6.14. The van der Waals surface area contributed by atoms with Gasteiger partial charge in [-0.2, -0.15) is 0 Å². The molecule has 2 heteroatoms. The Bertz CT molecular complexity index is 373. The van der Waals surface area contributed by atoms with Crippen LogP contribution in [0.1, 0.15) is 39.2 Å². The Balaban J connectivity index is 2.00. The van der Waals surface area contributed by atoms with Crippen LogP contribution in [0, 0.1) is 5.92 Å². The summed E-state index contributed by atoms with van der Waals surface area (Å²) in [5.74, 6) is 1.57. The van der Waals surface area contributed by atoms with Crippen molar-refractivity contribution >= 4 is 0 Å². The molecule has 18 heavy (non-hydrogen) atoms. The normalized spacial score (nSPS) is 20.7. The highest BCUT2D eigenvalue weighted by molar-refractivity contribution is 5.38. The van der Waals surface area contributed by atoms with Crippen molar-refractivity contribution in [3.8, 4) is 5.75 Å². The lowest BCUT2D eigenvalue weighted by molar-refractivity contribution is 0.0349. The van der Waals surface area contributed by atoms with Crippen molar-refractivity contribution in [1.82, 2.24) is 0 Å². The standard InChI is InChI=1S/C16H24O2/c1-16(2,3)14-8-4-5-9-15(14)18-12-13-7-6-10-17-11-13/h4-5,8-9,13H,6-7,10-12H2,1-3H3. The van der Waals surface area contributed by atoms with E-state index >= 15 is 0 Å². The van der Waals surface area contributed by atoms with E-state index in [1.165, 1.54) is 12.0 Å². The summed E-state index contributed by atoms with van der Waals surface area (Å²) in [4.78, 5) is 0. The molecule has 1 saturated heterocycles. The molecule has 0 aromatic heterocycles. The van der Waals surface area contributed by atoms with Crippen LogP contribution < -0.4 is 4.74 Å². The van der Waals surface area contributed by atoms with Gasteiger partial charge in [-0.25, -0.2) is 0 Å². The maximum absolute atomic E-state index is 6.02. The molecule has 1 heterocycles. The SMILES string of the molecule is CC(C)(C)c1ccccc1OCC1CCCOC1. The molecule has 2 rings (SSSR count). The van der Waals surface area contributed by atoms with Crippen LogP contribution in [-0.4, -0.2) is 19.8 Å². The van der Waals surface area contributed by atoms with Gasteiger partial charge >= 0.3 is 0 Å². The number of rotatable bonds is 3. The third-order valence-electron chi connectivity index (χ3n) is 3.42. The van der Waals surface area contributed by atoms with Crippen molar-refractivity contribution in [3.05, 3.63) is 29.8 Å². The molecule has 0 saturated carbocycles. The van der Waals surface area contributed by atoms with Gasteiger partial charge in [-0.1, -0.05) is 39.0 Å². The van der Waals surface area contributed by atoms with Crippen LogP contribution in [0.4, 0.5) is 0 Å². The van der Waals surface area contributed by atoms with E-state index in [0.29, 0.717) is 5.92 Å². The summed E-state index contributed by atoms with van der Waals surface area (Å²) < 4.78 is 11.5. The second-order valence-corrected chi connectivity index (χ2v) is 6.14. The van der Waals surface area contributed by atoms with E-state index in [1.807, 2.05) is 6.07 Å². The largest absolute Gasteiger partial charge is 0.493 e. The molecule has 2 nitrogen and oxygen atoms in total. The predicted molar refractivity (Wildman–Crippen MR) is 74.2 cm³/mol. The Kier molecular flexibility index (Phi) is 4.28. The van der Waals surface area contributed by atoms with Gasteiger partial charge in [0.05, 0.1) is 13.2 Å². The molecule has 0 amide bonds. The quantitative estimate of drug-likeness (QED) is 0.810. The third kappa shape index (κ3) is 3.49. The van der Waals surface area contributed by atoms with Crippen molar-refractivity contribution in [2.75, 3.05) is 19.8 Å². The van der Waals surface area contributed by atoms with Gasteiger partial charge < -0.3 is 9.47 Å². The van der Waals surface area contributed by atoms with Crippen molar-refractivity contribution < 1.29 is 9.47 Å². The molecule has 0 radical (unpaired) electrons. The van der Waals surface area contributed by atoms with Gasteiger partial charge in [0.1, 0.15) is 5.75 Å². The van der Waals surface area contributed by atoms with Gasteiger partial charge in [0, 0.05) is 12.5 Å². The fraction of sp³-hybridized carbons (Fsp3) is 0.625. The summed E-state index contributed by atoms with van der Waals surface area (Å²) in [6, 6.07) is 8.36. The van der Waals surface area contributed by atoms with E-state index in [-0.39, 0.29) is 5.41 Å². The number of para-hydroxylation sites is 1. The Morgan fingerprint density at radius 1 is 1.28 bits per heavy atom. The van der Waals surface area contributed by atoms with Crippen LogP contribution in [0.2, 0.25) is 0 Å². The molecule has 1 aromatic rings. The zero-order valence-electron chi connectivity index (χ0n) is 11.7. The molecule has 1 aliphatic rings. The predicted octanol–water partition coefficient (Wildman–Crippen LogP) is 3.79. The van der Waals surface area contributed by atoms with Crippen molar-refractivity contribution in [2.45, 2.75) is 39.0 Å². The Labute approximate surface area is 110 Å². The smallest absolute Gasteiger partial charge is 0.123 e. The lowest BCUT2D eigenvalue weighted by Crippen LogP contribution is -2.24. The van der Waals surface area contributed by atoms with Crippen LogP contribution in [0.25, 0.3) is 0 Å². The minimum atomic E-state index is 0.125. The fourth-order valence-corrected chi connectivity index (χ4v) is 2.36. The monoisotopic (exact) mass is 248 g/mol. The Hall–Kier alpha value is -1.02. The summed E-state index contributed by atoms with van der Waals surface area (Å²) in [5.41, 5.74) is 1.40. The first-order chi connectivity index (χ1) is 8.57. The van der Waals surface area contributed by atoms with Crippen LogP contribution >= 0.6 is 0 Å². The topological polar surface area (TPSA) is 18.5 Å². The van der Waals surface area contributed by atoms with Crippen LogP contribution in [-0.2, 0) is 10.2 Å². The summed E-state index contributed by atoms with van der Waals surface area (Å²) in [6.45, 7) is 9.19. The zero-order valence-corrected chi connectivity index (χ0v) is 11.7. The molecule has 1 atom stereocenters. The van der Waals surface area contributed by atoms with E-state index in [0.717, 1.165) is 32.0 Å². The maximum atomic E-state index is 6.02. The average molecular weight is 248 g/mol. The van der Waals surface area contributed by atoms with Crippen LogP contribution in [0.3, 0.4) is 0 Å². The third-order valence-corrected chi connectivity index (χ3v) is 3.42. The Morgan fingerprint density at radius 3 is 2.72 bits per heavy atom. The lowest BCUT2D eigenvalue weighted by Gasteiger charge is -2.26.